The lowest BCUT2D eigenvalue weighted by atomic mass is 10.1. The van der Waals surface area contributed by atoms with Crippen LogP contribution in [0.4, 0.5) is 0 Å². The van der Waals surface area contributed by atoms with Gasteiger partial charge < -0.3 is 9.84 Å². The second-order valence-corrected chi connectivity index (χ2v) is 4.77. The minimum absolute atomic E-state index is 0.224. The van der Waals surface area contributed by atoms with Crippen molar-refractivity contribution in [1.82, 2.24) is 9.38 Å². The monoisotopic (exact) mass is 282 g/mol. The van der Waals surface area contributed by atoms with Crippen molar-refractivity contribution in [2.75, 3.05) is 7.11 Å². The number of methoxy groups -OCH3 is 1. The number of nitrogens with zero attached hydrogens (tertiary/aromatic N) is 2. The van der Waals surface area contributed by atoms with Gasteiger partial charge >= 0.3 is 5.97 Å². The van der Waals surface area contributed by atoms with Crippen LogP contribution in [0.2, 0.25) is 0 Å². The van der Waals surface area contributed by atoms with Crippen LogP contribution in [0.1, 0.15) is 15.9 Å². The molecule has 0 saturated heterocycles. The highest BCUT2D eigenvalue weighted by molar-refractivity contribution is 5.89. The third kappa shape index (κ3) is 2.23. The van der Waals surface area contributed by atoms with Gasteiger partial charge in [0, 0.05) is 11.8 Å². The van der Waals surface area contributed by atoms with Crippen molar-refractivity contribution in [1.29, 1.82) is 0 Å². The number of aromatic nitrogens is 2. The maximum absolute atomic E-state index is 11.0. The Morgan fingerprint density at radius 1 is 1.29 bits per heavy atom. The molecule has 0 fully saturated rings. The lowest BCUT2D eigenvalue weighted by Gasteiger charge is -2.08. The molecule has 0 aliphatic heterocycles. The molecule has 2 aromatic heterocycles. The molecule has 3 rings (SSSR count). The average Bonchev–Trinajstić information content (AvgIpc) is 2.90. The van der Waals surface area contributed by atoms with E-state index in [2.05, 4.69) is 4.98 Å². The molecule has 0 amide bonds. The van der Waals surface area contributed by atoms with Crippen LogP contribution in [0.3, 0.4) is 0 Å². The quantitative estimate of drug-likeness (QED) is 0.802. The lowest BCUT2D eigenvalue weighted by molar-refractivity contribution is 0.0697. The standard InChI is InChI=1S/C16H14N2O3/c1-10-3-4-12(21-2)8-13(10)14-9-17-15-7-11(16(19)20)5-6-18(14)15/h3-9H,1-2H3,(H,19,20). The van der Waals surface area contributed by atoms with Gasteiger partial charge in [-0.25, -0.2) is 9.78 Å². The van der Waals surface area contributed by atoms with E-state index >= 15 is 0 Å². The largest absolute Gasteiger partial charge is 0.497 e. The lowest BCUT2D eigenvalue weighted by Crippen LogP contribution is -1.98. The van der Waals surface area contributed by atoms with E-state index in [1.165, 1.54) is 0 Å². The molecular formula is C16H14N2O3. The van der Waals surface area contributed by atoms with E-state index < -0.39 is 5.97 Å². The highest BCUT2D eigenvalue weighted by atomic mass is 16.5. The Morgan fingerprint density at radius 2 is 2.10 bits per heavy atom. The Hall–Kier alpha value is -2.82. The van der Waals surface area contributed by atoms with Crippen molar-refractivity contribution < 1.29 is 14.6 Å². The number of rotatable bonds is 3. The molecule has 21 heavy (non-hydrogen) atoms. The Labute approximate surface area is 121 Å². The number of aromatic carboxylic acids is 1. The molecule has 2 heterocycles. The molecule has 0 spiro atoms. The van der Waals surface area contributed by atoms with Crippen molar-refractivity contribution in [2.24, 2.45) is 0 Å². The molecule has 1 N–H and O–H groups in total. The van der Waals surface area contributed by atoms with Crippen molar-refractivity contribution in [2.45, 2.75) is 6.92 Å². The number of carboxylic acid groups (broad SMARTS) is 1. The molecule has 3 aromatic rings. The topological polar surface area (TPSA) is 63.8 Å². The summed E-state index contributed by atoms with van der Waals surface area (Å²) >= 11 is 0. The summed E-state index contributed by atoms with van der Waals surface area (Å²) in [7, 11) is 1.63. The SMILES string of the molecule is COc1ccc(C)c(-c2cnc3cc(C(=O)O)ccn23)c1. The van der Waals surface area contributed by atoms with Gasteiger partial charge in [-0.1, -0.05) is 6.07 Å². The normalized spacial score (nSPS) is 10.8. The average molecular weight is 282 g/mol. The van der Waals surface area contributed by atoms with E-state index in [9.17, 15) is 4.79 Å². The van der Waals surface area contributed by atoms with Gasteiger partial charge in [-0.3, -0.25) is 4.40 Å². The number of ether oxygens (including phenoxy) is 1. The van der Waals surface area contributed by atoms with Crippen molar-refractivity contribution in [3.8, 4) is 17.0 Å². The summed E-state index contributed by atoms with van der Waals surface area (Å²) in [5.41, 5.74) is 3.83. The molecule has 5 nitrogen and oxygen atoms in total. The maximum Gasteiger partial charge on any atom is 0.335 e. The minimum Gasteiger partial charge on any atom is -0.497 e. The smallest absolute Gasteiger partial charge is 0.335 e. The highest BCUT2D eigenvalue weighted by Gasteiger charge is 2.11. The van der Waals surface area contributed by atoms with Crippen LogP contribution in [0.25, 0.3) is 16.9 Å². The number of hydrogen-bond donors (Lipinski definition) is 1. The molecule has 0 unspecified atom stereocenters. The summed E-state index contributed by atoms with van der Waals surface area (Å²) in [4.78, 5) is 15.3. The van der Waals surface area contributed by atoms with Gasteiger partial charge in [0.1, 0.15) is 11.4 Å². The summed E-state index contributed by atoms with van der Waals surface area (Å²) in [5.74, 6) is -0.188. The van der Waals surface area contributed by atoms with Gasteiger partial charge in [0.05, 0.1) is 24.6 Å². The summed E-state index contributed by atoms with van der Waals surface area (Å²) in [6.07, 6.45) is 3.46. The summed E-state index contributed by atoms with van der Waals surface area (Å²) in [6.45, 7) is 2.01. The van der Waals surface area contributed by atoms with Gasteiger partial charge in [-0.05, 0) is 36.8 Å². The number of carboxylic acids is 1. The number of hydrogen-bond acceptors (Lipinski definition) is 3. The first-order valence-corrected chi connectivity index (χ1v) is 6.45. The first-order valence-electron chi connectivity index (χ1n) is 6.45. The maximum atomic E-state index is 11.0. The van der Waals surface area contributed by atoms with E-state index in [0.29, 0.717) is 5.65 Å². The van der Waals surface area contributed by atoms with Crippen LogP contribution in [-0.2, 0) is 0 Å². The number of pyridine rings is 1. The first-order chi connectivity index (χ1) is 10.1. The molecule has 0 bridgehead atoms. The van der Waals surface area contributed by atoms with Crippen molar-refractivity contribution >= 4 is 11.6 Å². The summed E-state index contributed by atoms with van der Waals surface area (Å²) in [5, 5.41) is 9.03. The molecule has 0 saturated carbocycles. The fourth-order valence-corrected chi connectivity index (χ4v) is 2.32. The predicted molar refractivity (Wildman–Crippen MR) is 78.9 cm³/mol. The Morgan fingerprint density at radius 3 is 2.81 bits per heavy atom. The van der Waals surface area contributed by atoms with Gasteiger partial charge in [-0.15, -0.1) is 0 Å². The van der Waals surface area contributed by atoms with Crippen molar-refractivity contribution in [3.05, 3.63) is 53.9 Å². The minimum atomic E-state index is -0.959. The van der Waals surface area contributed by atoms with Crippen LogP contribution in [0.5, 0.6) is 5.75 Å². The molecule has 0 atom stereocenters. The summed E-state index contributed by atoms with van der Waals surface area (Å²) in [6, 6.07) is 8.96. The molecule has 106 valence electrons. The number of imidazole rings is 1. The molecular weight excluding hydrogens is 268 g/mol. The van der Waals surface area contributed by atoms with Crippen LogP contribution < -0.4 is 4.74 Å². The Bertz CT molecular complexity index is 837. The predicted octanol–water partition coefficient (Wildman–Crippen LogP) is 3.02. The third-order valence-corrected chi connectivity index (χ3v) is 3.48. The first kappa shape index (κ1) is 13.2. The number of carbonyl (C=O) groups is 1. The highest BCUT2D eigenvalue weighted by Crippen LogP contribution is 2.28. The van der Waals surface area contributed by atoms with Crippen LogP contribution >= 0.6 is 0 Å². The number of aryl methyl sites for hydroxylation is 1. The molecule has 0 aliphatic carbocycles. The van der Waals surface area contributed by atoms with Crippen LogP contribution in [0.15, 0.2) is 42.7 Å². The van der Waals surface area contributed by atoms with E-state index in [1.807, 2.05) is 29.5 Å². The van der Waals surface area contributed by atoms with Gasteiger partial charge in [0.15, 0.2) is 0 Å². The fraction of sp³-hybridized carbons (Fsp3) is 0.125. The van der Waals surface area contributed by atoms with Gasteiger partial charge in [0.25, 0.3) is 0 Å². The second-order valence-electron chi connectivity index (χ2n) is 4.77. The molecule has 5 heteroatoms. The van der Waals surface area contributed by atoms with Gasteiger partial charge in [0.2, 0.25) is 0 Å². The molecule has 0 aliphatic rings. The Kier molecular flexibility index (Phi) is 3.10. The third-order valence-electron chi connectivity index (χ3n) is 3.48. The zero-order chi connectivity index (χ0) is 15.0. The second kappa shape index (κ2) is 4.94. The number of fused-ring (bicyclic) bond motifs is 1. The zero-order valence-electron chi connectivity index (χ0n) is 11.7. The van der Waals surface area contributed by atoms with E-state index in [4.69, 9.17) is 9.84 Å². The number of benzene rings is 1. The molecule has 0 radical (unpaired) electrons. The Balaban J connectivity index is 2.19. The van der Waals surface area contributed by atoms with E-state index in [0.717, 1.165) is 22.6 Å². The fourth-order valence-electron chi connectivity index (χ4n) is 2.32. The van der Waals surface area contributed by atoms with E-state index in [1.54, 1.807) is 31.6 Å². The van der Waals surface area contributed by atoms with E-state index in [-0.39, 0.29) is 5.56 Å². The van der Waals surface area contributed by atoms with Gasteiger partial charge in [-0.2, -0.15) is 0 Å². The zero-order valence-corrected chi connectivity index (χ0v) is 11.7. The summed E-state index contributed by atoms with van der Waals surface area (Å²) < 4.78 is 7.13. The van der Waals surface area contributed by atoms with Crippen molar-refractivity contribution in [3.63, 3.8) is 0 Å². The van der Waals surface area contributed by atoms with Crippen LogP contribution in [0, 0.1) is 6.92 Å². The molecule has 1 aromatic carbocycles. The van der Waals surface area contributed by atoms with Crippen LogP contribution in [-0.4, -0.2) is 27.6 Å².